The van der Waals surface area contributed by atoms with Gasteiger partial charge in [-0.05, 0) is 32.0 Å². The molecule has 0 aliphatic heterocycles. The fourth-order valence-electron chi connectivity index (χ4n) is 2.70. The molecule has 8 heteroatoms. The molecule has 0 saturated heterocycles. The lowest BCUT2D eigenvalue weighted by Crippen LogP contribution is -2.15. The van der Waals surface area contributed by atoms with Gasteiger partial charge >= 0.3 is 12.1 Å². The minimum atomic E-state index is -1.23. The first-order valence-electron chi connectivity index (χ1n) is 8.94. The van der Waals surface area contributed by atoms with Crippen LogP contribution in [0.3, 0.4) is 0 Å². The van der Waals surface area contributed by atoms with E-state index in [0.29, 0.717) is 11.4 Å². The second kappa shape index (κ2) is 8.92. The van der Waals surface area contributed by atoms with Crippen molar-refractivity contribution in [1.29, 1.82) is 0 Å². The summed E-state index contributed by atoms with van der Waals surface area (Å²) in [6, 6.07) is 15.7. The highest BCUT2D eigenvalue weighted by Crippen LogP contribution is 2.27. The molecule has 1 N–H and O–H groups in total. The summed E-state index contributed by atoms with van der Waals surface area (Å²) >= 11 is 0. The van der Waals surface area contributed by atoms with Gasteiger partial charge in [-0.15, -0.1) is 0 Å². The minimum absolute atomic E-state index is 0.0339. The fourth-order valence-corrected chi connectivity index (χ4v) is 2.70. The Morgan fingerprint density at radius 1 is 1.10 bits per heavy atom. The molecule has 0 aliphatic carbocycles. The Labute approximate surface area is 167 Å². The summed E-state index contributed by atoms with van der Waals surface area (Å²) in [5.74, 6) is -0.867. The third-order valence-electron chi connectivity index (χ3n) is 3.95. The Morgan fingerprint density at radius 3 is 2.55 bits per heavy atom. The zero-order valence-corrected chi connectivity index (χ0v) is 16.0. The van der Waals surface area contributed by atoms with Gasteiger partial charge in [0.1, 0.15) is 12.2 Å². The van der Waals surface area contributed by atoms with Crippen LogP contribution in [0.25, 0.3) is 5.69 Å². The van der Waals surface area contributed by atoms with Crippen LogP contribution < -0.4 is 9.47 Å². The highest BCUT2D eigenvalue weighted by Gasteiger charge is 2.20. The number of hydrogen-bond donors (Lipinski definition) is 1. The number of aryl methyl sites for hydroxylation is 1. The summed E-state index contributed by atoms with van der Waals surface area (Å²) in [5.41, 5.74) is 1.80. The lowest BCUT2D eigenvalue weighted by atomic mass is 10.1. The predicted molar refractivity (Wildman–Crippen MR) is 104 cm³/mol. The van der Waals surface area contributed by atoms with E-state index in [1.807, 2.05) is 37.3 Å². The summed E-state index contributed by atoms with van der Waals surface area (Å²) in [7, 11) is 0. The molecule has 0 bridgehead atoms. The number of ether oxygens (including phenoxy) is 3. The Morgan fingerprint density at radius 2 is 1.86 bits per heavy atom. The summed E-state index contributed by atoms with van der Waals surface area (Å²) in [5, 5.41) is 13.9. The third kappa shape index (κ3) is 4.73. The van der Waals surface area contributed by atoms with E-state index in [0.717, 1.165) is 11.4 Å². The molecule has 0 fully saturated rings. The molecular weight excluding hydrogens is 376 g/mol. The molecule has 0 spiro atoms. The van der Waals surface area contributed by atoms with Gasteiger partial charge in [-0.25, -0.2) is 14.3 Å². The van der Waals surface area contributed by atoms with Crippen molar-refractivity contribution in [2.75, 3.05) is 6.61 Å². The Bertz CT molecular complexity index is 1010. The highest BCUT2D eigenvalue weighted by atomic mass is 16.7. The van der Waals surface area contributed by atoms with Gasteiger partial charge < -0.3 is 19.3 Å². The molecule has 3 rings (SSSR count). The monoisotopic (exact) mass is 396 g/mol. The van der Waals surface area contributed by atoms with Crippen LogP contribution in [0.2, 0.25) is 0 Å². The lowest BCUT2D eigenvalue weighted by Gasteiger charge is -2.14. The molecule has 0 radical (unpaired) electrons. The van der Waals surface area contributed by atoms with E-state index in [1.165, 1.54) is 6.07 Å². The molecule has 8 nitrogen and oxygen atoms in total. The second-order valence-electron chi connectivity index (χ2n) is 6.04. The molecular formula is C21H20N2O6. The van der Waals surface area contributed by atoms with E-state index < -0.39 is 12.1 Å². The Kier molecular flexibility index (Phi) is 6.13. The van der Waals surface area contributed by atoms with Crippen molar-refractivity contribution in [3.63, 3.8) is 0 Å². The van der Waals surface area contributed by atoms with Crippen molar-refractivity contribution in [3.05, 3.63) is 71.4 Å². The Balaban J connectivity index is 1.89. The molecule has 0 aliphatic rings. The van der Waals surface area contributed by atoms with Gasteiger partial charge in [0, 0.05) is 11.6 Å². The fraction of sp³-hybridized carbons (Fsp3) is 0.190. The summed E-state index contributed by atoms with van der Waals surface area (Å²) < 4.78 is 17.4. The molecule has 3 aromatic rings. The van der Waals surface area contributed by atoms with Gasteiger partial charge in [0.2, 0.25) is 5.88 Å². The van der Waals surface area contributed by atoms with Crippen LogP contribution in [0.5, 0.6) is 11.6 Å². The third-order valence-corrected chi connectivity index (χ3v) is 3.95. The number of hydrogen-bond acceptors (Lipinski definition) is 6. The van der Waals surface area contributed by atoms with Gasteiger partial charge in [0.15, 0.2) is 5.75 Å². The highest BCUT2D eigenvalue weighted by molar-refractivity contribution is 5.92. The number of carbonyl (C=O) groups excluding carboxylic acids is 1. The average Bonchev–Trinajstić information content (AvgIpc) is 3.08. The van der Waals surface area contributed by atoms with Crippen molar-refractivity contribution in [1.82, 2.24) is 9.78 Å². The maximum Gasteiger partial charge on any atom is 0.513 e. The number of rotatable bonds is 7. The number of aromatic nitrogens is 2. The maximum atomic E-state index is 11.8. The lowest BCUT2D eigenvalue weighted by molar-refractivity contribution is 0.0689. The number of benzene rings is 2. The number of carboxylic acid groups (broad SMARTS) is 1. The maximum absolute atomic E-state index is 11.8. The van der Waals surface area contributed by atoms with Crippen LogP contribution >= 0.6 is 0 Å². The van der Waals surface area contributed by atoms with Crippen molar-refractivity contribution in [2.45, 2.75) is 20.5 Å². The topological polar surface area (TPSA) is 99.9 Å². The van der Waals surface area contributed by atoms with Crippen LogP contribution in [-0.2, 0) is 11.3 Å². The van der Waals surface area contributed by atoms with E-state index in [4.69, 9.17) is 14.2 Å². The molecule has 1 aromatic heterocycles. The van der Waals surface area contributed by atoms with Crippen LogP contribution in [0, 0.1) is 6.92 Å². The first-order valence-corrected chi connectivity index (χ1v) is 8.94. The number of aromatic carboxylic acids is 1. The molecule has 2 aromatic carbocycles. The zero-order chi connectivity index (χ0) is 20.8. The molecule has 0 atom stereocenters. The van der Waals surface area contributed by atoms with Gasteiger partial charge in [-0.1, -0.05) is 30.3 Å². The first kappa shape index (κ1) is 19.9. The van der Waals surface area contributed by atoms with Crippen molar-refractivity contribution < 1.29 is 28.9 Å². The average molecular weight is 396 g/mol. The molecule has 0 unspecified atom stereocenters. The largest absolute Gasteiger partial charge is 0.513 e. The quantitative estimate of drug-likeness (QED) is 0.476. The molecule has 0 amide bonds. The van der Waals surface area contributed by atoms with Crippen LogP contribution in [-0.4, -0.2) is 33.6 Å². The van der Waals surface area contributed by atoms with Crippen molar-refractivity contribution >= 4 is 12.1 Å². The molecule has 1 heterocycles. The van der Waals surface area contributed by atoms with Crippen LogP contribution in [0.4, 0.5) is 4.79 Å². The number of carboxylic acids is 1. The molecule has 29 heavy (non-hydrogen) atoms. The number of para-hydroxylation sites is 2. The van der Waals surface area contributed by atoms with Gasteiger partial charge in [0.25, 0.3) is 0 Å². The number of nitrogens with zero attached hydrogens (tertiary/aromatic N) is 2. The standard InChI is InChI=1S/C21H20N2O6/c1-3-27-21(26)29-19-15(8-7-11-17(19)20(24)25)13-28-18-12-14(2)22-23(18)16-9-5-4-6-10-16/h4-12H,3,13H2,1-2H3,(H,24,25). The van der Waals surface area contributed by atoms with E-state index in [9.17, 15) is 14.7 Å². The molecule has 0 saturated carbocycles. The van der Waals surface area contributed by atoms with Crippen molar-refractivity contribution in [3.8, 4) is 17.3 Å². The minimum Gasteiger partial charge on any atom is -0.478 e. The van der Waals surface area contributed by atoms with Gasteiger partial charge in [-0.2, -0.15) is 5.10 Å². The Hall–Kier alpha value is -3.81. The first-order chi connectivity index (χ1) is 14.0. The van der Waals surface area contributed by atoms with Gasteiger partial charge in [-0.3, -0.25) is 0 Å². The van der Waals surface area contributed by atoms with Crippen LogP contribution in [0.1, 0.15) is 28.5 Å². The second-order valence-corrected chi connectivity index (χ2v) is 6.04. The van der Waals surface area contributed by atoms with E-state index in [1.54, 1.807) is 29.8 Å². The smallest absolute Gasteiger partial charge is 0.478 e. The number of carbonyl (C=O) groups is 2. The van der Waals surface area contributed by atoms with E-state index >= 15 is 0 Å². The van der Waals surface area contributed by atoms with Gasteiger partial charge in [0.05, 0.1) is 18.0 Å². The normalized spacial score (nSPS) is 10.4. The van der Waals surface area contributed by atoms with Crippen LogP contribution in [0.15, 0.2) is 54.6 Å². The SMILES string of the molecule is CCOC(=O)Oc1c(COc2cc(C)nn2-c2ccccc2)cccc1C(=O)O. The molecule has 150 valence electrons. The summed E-state index contributed by atoms with van der Waals surface area (Å²) in [4.78, 5) is 23.3. The summed E-state index contributed by atoms with van der Waals surface area (Å²) in [6.45, 7) is 3.54. The van der Waals surface area contributed by atoms with E-state index in [-0.39, 0.29) is 24.5 Å². The van der Waals surface area contributed by atoms with Crippen molar-refractivity contribution in [2.24, 2.45) is 0 Å². The zero-order valence-electron chi connectivity index (χ0n) is 16.0. The summed E-state index contributed by atoms with van der Waals surface area (Å²) in [6.07, 6.45) is -0.979. The van der Waals surface area contributed by atoms with E-state index in [2.05, 4.69) is 5.10 Å². The predicted octanol–water partition coefficient (Wildman–Crippen LogP) is 3.99.